The number of piperidine rings is 1. The summed E-state index contributed by atoms with van der Waals surface area (Å²) in [5, 5.41) is 3.97. The van der Waals surface area contributed by atoms with Crippen LogP contribution in [0.25, 0.3) is 11.4 Å². The van der Waals surface area contributed by atoms with Crippen LogP contribution in [0.15, 0.2) is 34.9 Å². The van der Waals surface area contributed by atoms with Gasteiger partial charge in [-0.3, -0.25) is 9.59 Å². The number of primary amides is 1. The van der Waals surface area contributed by atoms with Crippen LogP contribution in [-0.4, -0.2) is 39.9 Å². The van der Waals surface area contributed by atoms with E-state index in [-0.39, 0.29) is 17.7 Å². The fraction of sp³-hybridized carbons (Fsp3) is 0.444. The summed E-state index contributed by atoms with van der Waals surface area (Å²) in [6.45, 7) is 1.13. The number of amides is 2. The van der Waals surface area contributed by atoms with Gasteiger partial charge in [-0.2, -0.15) is 4.98 Å². The zero-order valence-electron chi connectivity index (χ0n) is 14.1. The first-order chi connectivity index (χ1) is 12.1. The van der Waals surface area contributed by atoms with E-state index in [4.69, 9.17) is 10.3 Å². The molecule has 132 valence electrons. The summed E-state index contributed by atoms with van der Waals surface area (Å²) in [5.41, 5.74) is 6.25. The number of benzene rings is 1. The highest BCUT2D eigenvalue weighted by molar-refractivity contribution is 5.80. The number of aryl methyl sites for hydroxylation is 1. The number of nitrogens with zero attached hydrogens (tertiary/aromatic N) is 3. The Balaban J connectivity index is 1.47. The molecule has 7 nitrogen and oxygen atoms in total. The molecule has 1 aliphatic rings. The van der Waals surface area contributed by atoms with Crippen LogP contribution in [-0.2, 0) is 16.0 Å². The maximum Gasteiger partial charge on any atom is 0.226 e. The second-order valence-electron chi connectivity index (χ2n) is 6.31. The van der Waals surface area contributed by atoms with Crippen molar-refractivity contribution in [3.63, 3.8) is 0 Å². The van der Waals surface area contributed by atoms with Crippen molar-refractivity contribution < 1.29 is 14.1 Å². The molecule has 1 aromatic heterocycles. The number of rotatable bonds is 6. The molecule has 1 atom stereocenters. The van der Waals surface area contributed by atoms with Crippen molar-refractivity contribution in [2.75, 3.05) is 13.1 Å². The summed E-state index contributed by atoms with van der Waals surface area (Å²) >= 11 is 0. The highest BCUT2D eigenvalue weighted by atomic mass is 16.5. The van der Waals surface area contributed by atoms with Crippen molar-refractivity contribution in [1.82, 2.24) is 15.0 Å². The van der Waals surface area contributed by atoms with Gasteiger partial charge in [0.2, 0.25) is 23.5 Å². The van der Waals surface area contributed by atoms with E-state index < -0.39 is 0 Å². The molecule has 3 rings (SSSR count). The van der Waals surface area contributed by atoms with Crippen molar-refractivity contribution >= 4 is 11.8 Å². The van der Waals surface area contributed by atoms with Crippen LogP contribution in [0.2, 0.25) is 0 Å². The molecule has 7 heteroatoms. The van der Waals surface area contributed by atoms with Crippen LogP contribution < -0.4 is 5.73 Å². The summed E-state index contributed by atoms with van der Waals surface area (Å²) < 4.78 is 5.25. The second-order valence-corrected chi connectivity index (χ2v) is 6.31. The smallest absolute Gasteiger partial charge is 0.226 e. The predicted octanol–water partition coefficient (Wildman–Crippen LogP) is 1.78. The number of likely N-dealkylation sites (tertiary alicyclic amines) is 1. The van der Waals surface area contributed by atoms with Gasteiger partial charge in [-0.05, 0) is 19.3 Å². The van der Waals surface area contributed by atoms with Gasteiger partial charge in [-0.1, -0.05) is 35.5 Å². The molecule has 0 aliphatic carbocycles. The van der Waals surface area contributed by atoms with Gasteiger partial charge in [0.15, 0.2) is 0 Å². The molecule has 2 amide bonds. The zero-order valence-corrected chi connectivity index (χ0v) is 14.1. The normalized spacial score (nSPS) is 17.4. The Labute approximate surface area is 146 Å². The lowest BCUT2D eigenvalue weighted by Gasteiger charge is -2.31. The monoisotopic (exact) mass is 342 g/mol. The van der Waals surface area contributed by atoms with Crippen molar-refractivity contribution in [3.8, 4) is 11.4 Å². The van der Waals surface area contributed by atoms with Crippen LogP contribution >= 0.6 is 0 Å². The van der Waals surface area contributed by atoms with E-state index in [2.05, 4.69) is 10.1 Å². The molecule has 25 heavy (non-hydrogen) atoms. The maximum atomic E-state index is 12.3. The van der Waals surface area contributed by atoms with Crippen LogP contribution in [0.5, 0.6) is 0 Å². The van der Waals surface area contributed by atoms with E-state index in [1.807, 2.05) is 30.3 Å². The number of aromatic nitrogens is 2. The lowest BCUT2D eigenvalue weighted by atomic mass is 9.97. The number of carbonyl (C=O) groups is 2. The molecule has 1 aromatic carbocycles. The highest BCUT2D eigenvalue weighted by Crippen LogP contribution is 2.18. The maximum absolute atomic E-state index is 12.3. The third-order valence-corrected chi connectivity index (χ3v) is 4.46. The minimum atomic E-state index is -0.322. The molecule has 0 radical (unpaired) electrons. The molecule has 1 fully saturated rings. The quantitative estimate of drug-likeness (QED) is 0.862. The first-order valence-electron chi connectivity index (χ1n) is 8.58. The van der Waals surface area contributed by atoms with E-state index in [0.717, 1.165) is 18.4 Å². The molecule has 2 N–H and O–H groups in total. The first kappa shape index (κ1) is 17.1. The number of carbonyl (C=O) groups excluding carboxylic acids is 2. The molecule has 2 aromatic rings. The van der Waals surface area contributed by atoms with Gasteiger partial charge in [-0.15, -0.1) is 0 Å². The van der Waals surface area contributed by atoms with E-state index in [9.17, 15) is 9.59 Å². The Morgan fingerprint density at radius 2 is 2.08 bits per heavy atom. The third-order valence-electron chi connectivity index (χ3n) is 4.46. The van der Waals surface area contributed by atoms with Crippen LogP contribution in [0.4, 0.5) is 0 Å². The SMILES string of the molecule is NC(=O)C1CCCN(C(=O)CCCc2nc(-c3ccccc3)no2)C1. The van der Waals surface area contributed by atoms with Gasteiger partial charge >= 0.3 is 0 Å². The lowest BCUT2D eigenvalue weighted by Crippen LogP contribution is -2.44. The third kappa shape index (κ3) is 4.43. The average molecular weight is 342 g/mol. The number of hydrogen-bond acceptors (Lipinski definition) is 5. The topological polar surface area (TPSA) is 102 Å². The highest BCUT2D eigenvalue weighted by Gasteiger charge is 2.26. The van der Waals surface area contributed by atoms with Gasteiger partial charge in [0.1, 0.15) is 0 Å². The lowest BCUT2D eigenvalue weighted by molar-refractivity contribution is -0.135. The summed E-state index contributed by atoms with van der Waals surface area (Å²) in [5.74, 6) is 0.593. The van der Waals surface area contributed by atoms with Gasteiger partial charge in [0, 0.05) is 31.5 Å². The number of hydrogen-bond donors (Lipinski definition) is 1. The Bertz CT molecular complexity index is 729. The van der Waals surface area contributed by atoms with Crippen LogP contribution in [0, 0.1) is 5.92 Å². The molecular formula is C18H22N4O3. The Morgan fingerprint density at radius 3 is 2.84 bits per heavy atom. The van der Waals surface area contributed by atoms with Crippen molar-refractivity contribution in [1.29, 1.82) is 0 Å². The van der Waals surface area contributed by atoms with E-state index in [1.165, 1.54) is 0 Å². The predicted molar refractivity (Wildman–Crippen MR) is 91.2 cm³/mol. The van der Waals surface area contributed by atoms with E-state index >= 15 is 0 Å². The molecule has 0 bridgehead atoms. The first-order valence-corrected chi connectivity index (χ1v) is 8.58. The molecule has 0 spiro atoms. The van der Waals surface area contributed by atoms with Gasteiger partial charge in [0.05, 0.1) is 5.92 Å². The summed E-state index contributed by atoms with van der Waals surface area (Å²) in [4.78, 5) is 29.7. The molecule has 1 aliphatic heterocycles. The number of nitrogens with two attached hydrogens (primary N) is 1. The van der Waals surface area contributed by atoms with E-state index in [0.29, 0.717) is 44.1 Å². The standard InChI is InChI=1S/C18H22N4O3/c19-17(24)14-8-5-11-22(12-14)16(23)10-4-9-15-20-18(21-25-15)13-6-2-1-3-7-13/h1-3,6-7,14H,4-5,8-12H2,(H2,19,24). The summed E-state index contributed by atoms with van der Waals surface area (Å²) in [6, 6.07) is 9.61. The zero-order chi connectivity index (χ0) is 17.6. The minimum Gasteiger partial charge on any atom is -0.369 e. The molecule has 0 saturated carbocycles. The van der Waals surface area contributed by atoms with Crippen LogP contribution in [0.1, 0.15) is 31.6 Å². The Morgan fingerprint density at radius 1 is 1.28 bits per heavy atom. The van der Waals surface area contributed by atoms with Crippen LogP contribution in [0.3, 0.4) is 0 Å². The summed E-state index contributed by atoms with van der Waals surface area (Å²) in [7, 11) is 0. The largest absolute Gasteiger partial charge is 0.369 e. The van der Waals surface area contributed by atoms with Crippen molar-refractivity contribution in [2.24, 2.45) is 11.7 Å². The average Bonchev–Trinajstić information content (AvgIpc) is 3.11. The second kappa shape index (κ2) is 7.92. The van der Waals surface area contributed by atoms with Gasteiger partial charge in [-0.25, -0.2) is 0 Å². The molecular weight excluding hydrogens is 320 g/mol. The Hall–Kier alpha value is -2.70. The summed E-state index contributed by atoms with van der Waals surface area (Å²) in [6.07, 6.45) is 3.17. The fourth-order valence-electron chi connectivity index (χ4n) is 3.05. The van der Waals surface area contributed by atoms with E-state index in [1.54, 1.807) is 4.90 Å². The Kier molecular flexibility index (Phi) is 5.42. The fourth-order valence-corrected chi connectivity index (χ4v) is 3.05. The molecule has 1 saturated heterocycles. The van der Waals surface area contributed by atoms with Crippen molar-refractivity contribution in [3.05, 3.63) is 36.2 Å². The molecule has 2 heterocycles. The van der Waals surface area contributed by atoms with Crippen molar-refractivity contribution in [2.45, 2.75) is 32.1 Å². The molecule has 1 unspecified atom stereocenters. The van der Waals surface area contributed by atoms with Gasteiger partial charge < -0.3 is 15.2 Å². The van der Waals surface area contributed by atoms with Gasteiger partial charge in [0.25, 0.3) is 0 Å². The minimum absolute atomic E-state index is 0.0498.